The lowest BCUT2D eigenvalue weighted by atomic mass is 9.47. The second kappa shape index (κ2) is 4.55. The van der Waals surface area contributed by atoms with Gasteiger partial charge in [-0.05, 0) is 61.3 Å². The first-order valence-corrected chi connectivity index (χ1v) is 8.64. The lowest BCUT2D eigenvalue weighted by Crippen LogP contribution is -2.56. The summed E-state index contributed by atoms with van der Waals surface area (Å²) in [5.74, 6) is 1.01. The molecule has 3 nitrogen and oxygen atoms in total. The maximum atomic E-state index is 12.3. The Morgan fingerprint density at radius 2 is 2.00 bits per heavy atom. The molecule has 0 aromatic carbocycles. The first kappa shape index (κ1) is 14.6. The molecule has 2 saturated carbocycles. The van der Waals surface area contributed by atoms with Gasteiger partial charge in [-0.25, -0.2) is 0 Å². The van der Waals surface area contributed by atoms with Gasteiger partial charge in [0.2, 0.25) is 0 Å². The van der Waals surface area contributed by atoms with Crippen LogP contribution in [0.5, 0.6) is 0 Å². The molecule has 4 aliphatic rings. The van der Waals surface area contributed by atoms with Crippen LogP contribution >= 0.6 is 0 Å². The van der Waals surface area contributed by atoms with Crippen LogP contribution < -0.4 is 0 Å². The zero-order chi connectivity index (χ0) is 15.7. The van der Waals surface area contributed by atoms with Gasteiger partial charge >= 0.3 is 0 Å². The smallest absolute Gasteiger partial charge is 0.161 e. The van der Waals surface area contributed by atoms with E-state index >= 15 is 0 Å². The van der Waals surface area contributed by atoms with Gasteiger partial charge in [-0.1, -0.05) is 31.6 Å². The number of carbonyl (C=O) groups excluding carboxylic acids is 1. The summed E-state index contributed by atoms with van der Waals surface area (Å²) in [6, 6.07) is 0. The van der Waals surface area contributed by atoms with Crippen LogP contribution in [-0.4, -0.2) is 28.2 Å². The molecular weight excluding hydrogens is 276 g/mol. The van der Waals surface area contributed by atoms with Crippen molar-refractivity contribution in [2.75, 3.05) is 0 Å². The Kier molecular flexibility index (Phi) is 3.03. The summed E-state index contributed by atoms with van der Waals surface area (Å²) >= 11 is 0. The minimum absolute atomic E-state index is 0.0115. The molecule has 0 radical (unpaired) electrons. The van der Waals surface area contributed by atoms with E-state index in [0.717, 1.165) is 25.7 Å². The lowest BCUT2D eigenvalue weighted by molar-refractivity contribution is -0.142. The van der Waals surface area contributed by atoms with Crippen LogP contribution in [0, 0.1) is 28.6 Å². The molecule has 0 aromatic heterocycles. The Labute approximate surface area is 132 Å². The third-order valence-corrected chi connectivity index (χ3v) is 7.28. The number of hydrogen-bond donors (Lipinski definition) is 2. The largest absolute Gasteiger partial charge is 0.393 e. The van der Waals surface area contributed by atoms with E-state index < -0.39 is 11.5 Å². The van der Waals surface area contributed by atoms with Crippen molar-refractivity contribution in [2.45, 2.75) is 58.2 Å². The fraction of sp³-hybridized carbons (Fsp3) is 0.737. The number of allylic oxidation sites excluding steroid dienone is 3. The predicted octanol–water partition coefficient (Wildman–Crippen LogP) is 2.63. The summed E-state index contributed by atoms with van der Waals surface area (Å²) in [5, 5.41) is 20.9. The molecule has 2 fully saturated rings. The molecule has 0 amide bonds. The van der Waals surface area contributed by atoms with Gasteiger partial charge in [0, 0.05) is 5.41 Å². The molecule has 4 rings (SSSR count). The van der Waals surface area contributed by atoms with E-state index in [-0.39, 0.29) is 29.1 Å². The first-order valence-electron chi connectivity index (χ1n) is 8.64. The van der Waals surface area contributed by atoms with Gasteiger partial charge in [0.25, 0.3) is 0 Å². The average molecular weight is 302 g/mol. The molecule has 0 unspecified atom stereocenters. The topological polar surface area (TPSA) is 57.5 Å². The molecule has 7 atom stereocenters. The Morgan fingerprint density at radius 1 is 1.23 bits per heavy atom. The second-order valence-electron chi connectivity index (χ2n) is 8.41. The highest BCUT2D eigenvalue weighted by Gasteiger charge is 2.60. The number of carbonyl (C=O) groups is 1. The lowest BCUT2D eigenvalue weighted by Gasteiger charge is -2.58. The van der Waals surface area contributed by atoms with E-state index in [9.17, 15) is 15.0 Å². The van der Waals surface area contributed by atoms with Gasteiger partial charge in [-0.2, -0.15) is 0 Å². The van der Waals surface area contributed by atoms with E-state index in [2.05, 4.69) is 19.1 Å². The van der Waals surface area contributed by atoms with Crippen LogP contribution in [0.15, 0.2) is 23.8 Å². The molecule has 22 heavy (non-hydrogen) atoms. The molecule has 0 aliphatic heterocycles. The zero-order valence-electron chi connectivity index (χ0n) is 13.5. The highest BCUT2D eigenvalue weighted by Crippen LogP contribution is 2.62. The predicted molar refractivity (Wildman–Crippen MR) is 84.0 cm³/mol. The van der Waals surface area contributed by atoms with Crippen molar-refractivity contribution in [3.63, 3.8) is 0 Å². The van der Waals surface area contributed by atoms with Crippen LogP contribution in [0.25, 0.3) is 0 Å². The molecular formula is C19H26O3. The normalized spacial score (nSPS) is 53.5. The summed E-state index contributed by atoms with van der Waals surface area (Å²) in [5.41, 5.74) is 0.919. The Morgan fingerprint density at radius 3 is 2.77 bits per heavy atom. The number of aliphatic hydroxyl groups is 2. The summed E-state index contributed by atoms with van der Waals surface area (Å²) in [6.07, 6.45) is 9.53. The standard InChI is InChI=1S/C19H26O3/c1-18-8-7-12(20)9-11(18)3-4-13-14-5-6-16(22)19(14,2)10-15(21)17(13)18/h3,5-6,12-15,17,20-21H,4,7-10H2,1-2H3/t12-,13-,14-,15+,17+,18-,19-/m0/s1. The highest BCUT2D eigenvalue weighted by atomic mass is 16.3. The average Bonchev–Trinajstić information content (AvgIpc) is 2.75. The van der Waals surface area contributed by atoms with Gasteiger partial charge < -0.3 is 10.2 Å². The molecule has 0 saturated heterocycles. The van der Waals surface area contributed by atoms with Gasteiger partial charge in [0.05, 0.1) is 12.2 Å². The van der Waals surface area contributed by atoms with Gasteiger partial charge in [0.15, 0.2) is 5.78 Å². The van der Waals surface area contributed by atoms with Crippen molar-refractivity contribution in [2.24, 2.45) is 28.6 Å². The Balaban J connectivity index is 1.76. The molecule has 3 heteroatoms. The summed E-state index contributed by atoms with van der Waals surface area (Å²) in [4.78, 5) is 12.3. The van der Waals surface area contributed by atoms with Crippen molar-refractivity contribution >= 4 is 5.78 Å². The van der Waals surface area contributed by atoms with Crippen LogP contribution in [0.1, 0.15) is 46.0 Å². The molecule has 0 bridgehead atoms. The van der Waals surface area contributed by atoms with Crippen molar-refractivity contribution in [3.8, 4) is 0 Å². The van der Waals surface area contributed by atoms with Crippen LogP contribution in [0.4, 0.5) is 0 Å². The summed E-state index contributed by atoms with van der Waals surface area (Å²) < 4.78 is 0. The van der Waals surface area contributed by atoms with Gasteiger partial charge in [-0.15, -0.1) is 0 Å². The zero-order valence-corrected chi connectivity index (χ0v) is 13.5. The molecule has 0 spiro atoms. The van der Waals surface area contributed by atoms with E-state index in [1.54, 1.807) is 6.08 Å². The van der Waals surface area contributed by atoms with Crippen LogP contribution in [0.3, 0.4) is 0 Å². The number of fused-ring (bicyclic) bond motifs is 5. The molecule has 0 heterocycles. The summed E-state index contributed by atoms with van der Waals surface area (Å²) in [6.45, 7) is 4.31. The maximum absolute atomic E-state index is 12.3. The van der Waals surface area contributed by atoms with E-state index in [1.165, 1.54) is 5.57 Å². The molecule has 2 N–H and O–H groups in total. The Bertz CT molecular complexity index is 577. The van der Waals surface area contributed by atoms with Crippen molar-refractivity contribution < 1.29 is 15.0 Å². The van der Waals surface area contributed by atoms with Crippen LogP contribution in [-0.2, 0) is 4.79 Å². The monoisotopic (exact) mass is 302 g/mol. The van der Waals surface area contributed by atoms with Gasteiger partial charge in [0.1, 0.15) is 0 Å². The fourth-order valence-corrected chi connectivity index (χ4v) is 6.06. The number of aliphatic hydroxyl groups excluding tert-OH is 2. The number of rotatable bonds is 0. The van der Waals surface area contributed by atoms with Crippen molar-refractivity contribution in [3.05, 3.63) is 23.8 Å². The number of ketones is 1. The van der Waals surface area contributed by atoms with Crippen molar-refractivity contribution in [1.29, 1.82) is 0 Å². The minimum atomic E-state index is -0.418. The third-order valence-electron chi connectivity index (χ3n) is 7.28. The van der Waals surface area contributed by atoms with E-state index in [0.29, 0.717) is 12.3 Å². The SMILES string of the molecule is C[C@]12CC[C@H](O)CC1=CC[C@@H]1[C@@H]2[C@H](O)C[C@]2(C)C(=O)C=C[C@@H]12. The van der Waals surface area contributed by atoms with Crippen molar-refractivity contribution in [1.82, 2.24) is 0 Å². The van der Waals surface area contributed by atoms with E-state index in [4.69, 9.17) is 0 Å². The third kappa shape index (κ3) is 1.73. The Hall–Kier alpha value is -0.930. The van der Waals surface area contributed by atoms with E-state index in [1.807, 2.05) is 6.92 Å². The highest BCUT2D eigenvalue weighted by molar-refractivity contribution is 5.97. The first-order chi connectivity index (χ1) is 10.4. The molecule has 4 aliphatic carbocycles. The number of hydrogen-bond acceptors (Lipinski definition) is 3. The van der Waals surface area contributed by atoms with Gasteiger partial charge in [-0.3, -0.25) is 4.79 Å². The quantitative estimate of drug-likeness (QED) is 0.676. The fourth-order valence-electron chi connectivity index (χ4n) is 6.06. The molecule has 0 aromatic rings. The maximum Gasteiger partial charge on any atom is 0.161 e. The second-order valence-corrected chi connectivity index (χ2v) is 8.41. The minimum Gasteiger partial charge on any atom is -0.393 e. The summed E-state index contributed by atoms with van der Waals surface area (Å²) in [7, 11) is 0. The molecule has 120 valence electrons. The van der Waals surface area contributed by atoms with Crippen LogP contribution in [0.2, 0.25) is 0 Å².